The molecule has 1 rings (SSSR count). The average Bonchev–Trinajstić information content (AvgIpc) is 2.03. The highest BCUT2D eigenvalue weighted by molar-refractivity contribution is 6.29. The Hall–Kier alpha value is -0.890. The van der Waals surface area contributed by atoms with E-state index >= 15 is 0 Å². The van der Waals surface area contributed by atoms with Crippen LogP contribution in [0.1, 0.15) is 23.7 Å². The van der Waals surface area contributed by atoms with Crippen LogP contribution in [0.5, 0.6) is 0 Å². The zero-order valence-electron chi connectivity index (χ0n) is 6.17. The van der Waals surface area contributed by atoms with Crippen LogP contribution in [0, 0.1) is 0 Å². The first kappa shape index (κ1) is 8.21. The van der Waals surface area contributed by atoms with Gasteiger partial charge >= 0.3 is 0 Å². The number of pyridine rings is 1. The molecule has 0 aliphatic heterocycles. The van der Waals surface area contributed by atoms with E-state index in [1.807, 2.05) is 6.92 Å². The Labute approximate surface area is 70.2 Å². The van der Waals surface area contributed by atoms with Crippen molar-refractivity contribution in [3.8, 4) is 0 Å². The summed E-state index contributed by atoms with van der Waals surface area (Å²) in [6.45, 7) is 1.82. The van der Waals surface area contributed by atoms with Gasteiger partial charge in [0.2, 0.25) is 0 Å². The summed E-state index contributed by atoms with van der Waals surface area (Å²) in [7, 11) is 0. The number of carbonyl (C=O) groups is 1. The minimum absolute atomic E-state index is 0.0919. The highest BCUT2D eigenvalue weighted by atomic mass is 35.5. The van der Waals surface area contributed by atoms with Crippen LogP contribution in [-0.2, 0) is 0 Å². The third-order valence-corrected chi connectivity index (χ3v) is 1.58. The molecule has 0 unspecified atom stereocenters. The Morgan fingerprint density at radius 1 is 1.73 bits per heavy atom. The summed E-state index contributed by atoms with van der Waals surface area (Å²) in [5.41, 5.74) is 0.632. The van der Waals surface area contributed by atoms with Crippen molar-refractivity contribution in [2.75, 3.05) is 0 Å². The number of aromatic nitrogens is 1. The molecule has 3 heteroatoms. The van der Waals surface area contributed by atoms with Crippen molar-refractivity contribution >= 4 is 17.4 Å². The zero-order chi connectivity index (χ0) is 8.27. The maximum absolute atomic E-state index is 11.1. The fourth-order valence-electron chi connectivity index (χ4n) is 0.780. The summed E-state index contributed by atoms with van der Waals surface area (Å²) in [4.78, 5) is 14.8. The maximum atomic E-state index is 11.1. The largest absolute Gasteiger partial charge is 0.294 e. The number of ketones is 1. The number of rotatable bonds is 2. The minimum atomic E-state index is 0.0919. The normalized spacial score (nSPS) is 9.64. The fourth-order valence-corrected chi connectivity index (χ4v) is 0.954. The monoisotopic (exact) mass is 169 g/mol. The SMILES string of the molecule is CCC(=O)c1ccnc(Cl)c1. The molecule has 11 heavy (non-hydrogen) atoms. The van der Waals surface area contributed by atoms with Gasteiger partial charge in [-0.15, -0.1) is 0 Å². The predicted molar refractivity (Wildman–Crippen MR) is 43.9 cm³/mol. The highest BCUT2D eigenvalue weighted by Crippen LogP contribution is 2.08. The zero-order valence-corrected chi connectivity index (χ0v) is 6.93. The average molecular weight is 170 g/mol. The topological polar surface area (TPSA) is 30.0 Å². The van der Waals surface area contributed by atoms with Crippen LogP contribution in [-0.4, -0.2) is 10.8 Å². The molecular weight excluding hydrogens is 162 g/mol. The van der Waals surface area contributed by atoms with E-state index in [2.05, 4.69) is 4.98 Å². The van der Waals surface area contributed by atoms with Gasteiger partial charge in [0.05, 0.1) is 0 Å². The van der Waals surface area contributed by atoms with Crippen molar-refractivity contribution in [2.24, 2.45) is 0 Å². The Bertz CT molecular complexity index is 273. The molecule has 0 aliphatic carbocycles. The molecule has 2 nitrogen and oxygen atoms in total. The smallest absolute Gasteiger partial charge is 0.162 e. The fraction of sp³-hybridized carbons (Fsp3) is 0.250. The van der Waals surface area contributed by atoms with Gasteiger partial charge in [0.25, 0.3) is 0 Å². The molecule has 0 amide bonds. The van der Waals surface area contributed by atoms with Gasteiger partial charge in [-0.1, -0.05) is 18.5 Å². The number of carbonyl (C=O) groups excluding carboxylic acids is 1. The molecule has 0 atom stereocenters. The van der Waals surface area contributed by atoms with Gasteiger partial charge in [0, 0.05) is 18.2 Å². The van der Waals surface area contributed by atoms with Crippen LogP contribution in [0.2, 0.25) is 5.15 Å². The third-order valence-electron chi connectivity index (χ3n) is 1.37. The van der Waals surface area contributed by atoms with Gasteiger partial charge in [0.1, 0.15) is 5.15 Å². The summed E-state index contributed by atoms with van der Waals surface area (Å²) < 4.78 is 0. The summed E-state index contributed by atoms with van der Waals surface area (Å²) >= 11 is 5.58. The Morgan fingerprint density at radius 2 is 2.45 bits per heavy atom. The molecule has 58 valence electrons. The lowest BCUT2D eigenvalue weighted by molar-refractivity contribution is 0.0988. The molecule has 1 aromatic heterocycles. The lowest BCUT2D eigenvalue weighted by atomic mass is 10.1. The van der Waals surface area contributed by atoms with E-state index in [-0.39, 0.29) is 5.78 Å². The second-order valence-corrected chi connectivity index (χ2v) is 2.53. The van der Waals surface area contributed by atoms with E-state index in [4.69, 9.17) is 11.6 Å². The predicted octanol–water partition coefficient (Wildman–Crippen LogP) is 2.33. The number of hydrogen-bond acceptors (Lipinski definition) is 2. The lowest BCUT2D eigenvalue weighted by Crippen LogP contribution is -1.95. The van der Waals surface area contributed by atoms with Crippen LogP contribution >= 0.6 is 11.6 Å². The number of Topliss-reactive ketones (excluding diaryl/α,β-unsaturated/α-hetero) is 1. The molecule has 0 aromatic carbocycles. The summed E-state index contributed by atoms with van der Waals surface area (Å²) in [6, 6.07) is 3.24. The van der Waals surface area contributed by atoms with E-state index in [9.17, 15) is 4.79 Å². The van der Waals surface area contributed by atoms with Crippen molar-refractivity contribution in [2.45, 2.75) is 13.3 Å². The van der Waals surface area contributed by atoms with Crippen molar-refractivity contribution in [1.29, 1.82) is 0 Å². The summed E-state index contributed by atoms with van der Waals surface area (Å²) in [5, 5.41) is 0.365. The number of hydrogen-bond donors (Lipinski definition) is 0. The van der Waals surface area contributed by atoms with Crippen LogP contribution < -0.4 is 0 Å². The van der Waals surface area contributed by atoms with E-state index in [1.165, 1.54) is 6.20 Å². The van der Waals surface area contributed by atoms with Gasteiger partial charge in [-0.2, -0.15) is 0 Å². The van der Waals surface area contributed by atoms with Crippen molar-refractivity contribution in [3.63, 3.8) is 0 Å². The van der Waals surface area contributed by atoms with Gasteiger partial charge in [-0.25, -0.2) is 4.98 Å². The molecule has 0 saturated heterocycles. The first-order chi connectivity index (χ1) is 5.24. The van der Waals surface area contributed by atoms with Gasteiger partial charge in [-0.05, 0) is 12.1 Å². The molecule has 0 aliphatic rings. The van der Waals surface area contributed by atoms with E-state index in [0.29, 0.717) is 17.1 Å². The molecule has 0 N–H and O–H groups in total. The summed E-state index contributed by atoms with van der Waals surface area (Å²) in [6.07, 6.45) is 2.03. The maximum Gasteiger partial charge on any atom is 0.162 e. The van der Waals surface area contributed by atoms with Crippen molar-refractivity contribution in [1.82, 2.24) is 4.98 Å². The van der Waals surface area contributed by atoms with Crippen LogP contribution in [0.4, 0.5) is 0 Å². The third kappa shape index (κ3) is 2.02. The first-order valence-corrected chi connectivity index (χ1v) is 3.76. The molecule has 0 saturated carbocycles. The van der Waals surface area contributed by atoms with Gasteiger partial charge < -0.3 is 0 Å². The van der Waals surface area contributed by atoms with E-state index in [0.717, 1.165) is 0 Å². The van der Waals surface area contributed by atoms with Crippen LogP contribution in [0.25, 0.3) is 0 Å². The number of nitrogens with zero attached hydrogens (tertiary/aromatic N) is 1. The van der Waals surface area contributed by atoms with Gasteiger partial charge in [-0.3, -0.25) is 4.79 Å². The first-order valence-electron chi connectivity index (χ1n) is 3.38. The van der Waals surface area contributed by atoms with Crippen molar-refractivity contribution in [3.05, 3.63) is 29.0 Å². The Balaban J connectivity index is 2.96. The number of halogens is 1. The molecule has 1 heterocycles. The summed E-state index contributed by atoms with van der Waals surface area (Å²) in [5.74, 6) is 0.0919. The minimum Gasteiger partial charge on any atom is -0.294 e. The molecule has 0 spiro atoms. The molecule has 0 radical (unpaired) electrons. The quantitative estimate of drug-likeness (QED) is 0.503. The molecule has 0 fully saturated rings. The molecule has 1 aromatic rings. The van der Waals surface area contributed by atoms with E-state index in [1.54, 1.807) is 12.1 Å². The Morgan fingerprint density at radius 3 is 3.00 bits per heavy atom. The standard InChI is InChI=1S/C8H8ClNO/c1-2-7(11)6-3-4-10-8(9)5-6/h3-5H,2H2,1H3. The Kier molecular flexibility index (Phi) is 2.60. The second kappa shape index (κ2) is 3.49. The molecular formula is C8H8ClNO. The van der Waals surface area contributed by atoms with Crippen LogP contribution in [0.3, 0.4) is 0 Å². The molecule has 0 bridgehead atoms. The van der Waals surface area contributed by atoms with Crippen LogP contribution in [0.15, 0.2) is 18.3 Å². The second-order valence-electron chi connectivity index (χ2n) is 2.14. The lowest BCUT2D eigenvalue weighted by Gasteiger charge is -1.95. The highest BCUT2D eigenvalue weighted by Gasteiger charge is 2.02. The van der Waals surface area contributed by atoms with E-state index < -0.39 is 0 Å². The van der Waals surface area contributed by atoms with Gasteiger partial charge in [0.15, 0.2) is 5.78 Å². The van der Waals surface area contributed by atoms with Crippen molar-refractivity contribution < 1.29 is 4.79 Å².